The van der Waals surface area contributed by atoms with Crippen LogP contribution in [0, 0.1) is 28.6 Å². The van der Waals surface area contributed by atoms with Crippen LogP contribution in [-0.4, -0.2) is 44.3 Å². The molecule has 1 aliphatic heterocycles. The normalized spacial score (nSPS) is 47.6. The zero-order chi connectivity index (χ0) is 20.3. The zero-order valence-corrected chi connectivity index (χ0v) is 18.2. The van der Waals surface area contributed by atoms with Gasteiger partial charge in [-0.05, 0) is 63.9 Å². The maximum Gasteiger partial charge on any atom is 0.163 e. The number of carbonyl (C=O) groups excluding carboxylic acids is 1. The van der Waals surface area contributed by atoms with Crippen molar-refractivity contribution in [1.29, 1.82) is 0 Å². The molecule has 0 spiro atoms. The molecule has 4 rings (SSSR count). The second-order valence-electron chi connectivity index (χ2n) is 10.5. The minimum atomic E-state index is -0.544. The fourth-order valence-electron chi connectivity index (χ4n) is 7.00. The Morgan fingerprint density at radius 3 is 2.68 bits per heavy atom. The van der Waals surface area contributed by atoms with E-state index < -0.39 is 5.79 Å². The van der Waals surface area contributed by atoms with Crippen LogP contribution in [0.15, 0.2) is 11.6 Å². The standard InChI is InChI=1S/C23H36O5/c1-14-9-16-15(17(24)10-14)11-18(26-13-25-6)20-22(16,4)8-7-19-23(20,5)12-27-21(2,3)28-19/h10,15-16,18-20H,7-9,11-13H2,1-6H3/t15-,16+,18+,19+,20-,22-,23+/m0/s1. The Bertz CT molecular complexity index is 670. The lowest BCUT2D eigenvalue weighted by atomic mass is 9.43. The van der Waals surface area contributed by atoms with Gasteiger partial charge in [-0.3, -0.25) is 4.79 Å². The zero-order valence-electron chi connectivity index (χ0n) is 18.2. The van der Waals surface area contributed by atoms with E-state index in [4.69, 9.17) is 18.9 Å². The first-order valence-electron chi connectivity index (χ1n) is 10.7. The molecule has 3 fully saturated rings. The summed E-state index contributed by atoms with van der Waals surface area (Å²) >= 11 is 0. The molecular weight excluding hydrogens is 356 g/mol. The number of ketones is 1. The topological polar surface area (TPSA) is 54.0 Å². The highest BCUT2D eigenvalue weighted by Crippen LogP contribution is 2.65. The van der Waals surface area contributed by atoms with Gasteiger partial charge in [-0.2, -0.15) is 0 Å². The van der Waals surface area contributed by atoms with Crippen molar-refractivity contribution in [3.05, 3.63) is 11.6 Å². The Labute approximate surface area is 169 Å². The summed E-state index contributed by atoms with van der Waals surface area (Å²) in [6.07, 6.45) is 5.83. The summed E-state index contributed by atoms with van der Waals surface area (Å²) in [4.78, 5) is 12.9. The van der Waals surface area contributed by atoms with Gasteiger partial charge in [0.15, 0.2) is 11.6 Å². The first kappa shape index (κ1) is 20.5. The van der Waals surface area contributed by atoms with E-state index in [1.54, 1.807) is 7.11 Å². The van der Waals surface area contributed by atoms with E-state index in [1.165, 1.54) is 5.57 Å². The average Bonchev–Trinajstić information content (AvgIpc) is 2.61. The van der Waals surface area contributed by atoms with Crippen molar-refractivity contribution in [1.82, 2.24) is 0 Å². The van der Waals surface area contributed by atoms with E-state index in [9.17, 15) is 4.79 Å². The lowest BCUT2D eigenvalue weighted by Crippen LogP contribution is -2.68. The number of fused-ring (bicyclic) bond motifs is 5. The molecule has 0 unspecified atom stereocenters. The third-order valence-electron chi connectivity index (χ3n) is 8.15. The van der Waals surface area contributed by atoms with Crippen LogP contribution in [0.2, 0.25) is 0 Å². The first-order chi connectivity index (χ1) is 13.1. The molecule has 7 atom stereocenters. The molecule has 158 valence electrons. The van der Waals surface area contributed by atoms with Crippen LogP contribution in [0.3, 0.4) is 0 Å². The quantitative estimate of drug-likeness (QED) is 0.677. The minimum Gasteiger partial charge on any atom is -0.359 e. The van der Waals surface area contributed by atoms with Crippen molar-refractivity contribution in [2.24, 2.45) is 28.6 Å². The molecule has 0 amide bonds. The number of hydrogen-bond donors (Lipinski definition) is 0. The van der Waals surface area contributed by atoms with E-state index in [0.29, 0.717) is 12.5 Å². The molecular formula is C23H36O5. The van der Waals surface area contributed by atoms with Gasteiger partial charge in [-0.25, -0.2) is 0 Å². The molecule has 1 heterocycles. The fraction of sp³-hybridized carbons (Fsp3) is 0.870. The second-order valence-corrected chi connectivity index (χ2v) is 10.5. The van der Waals surface area contributed by atoms with Crippen LogP contribution in [0.1, 0.15) is 60.3 Å². The van der Waals surface area contributed by atoms with Crippen LogP contribution in [0.5, 0.6) is 0 Å². The van der Waals surface area contributed by atoms with Gasteiger partial charge in [0.05, 0.1) is 18.8 Å². The summed E-state index contributed by atoms with van der Waals surface area (Å²) in [5.41, 5.74) is 1.10. The van der Waals surface area contributed by atoms with Crippen LogP contribution in [-0.2, 0) is 23.7 Å². The van der Waals surface area contributed by atoms with Gasteiger partial charge in [0, 0.05) is 24.4 Å². The molecule has 0 radical (unpaired) electrons. The lowest BCUT2D eigenvalue weighted by molar-refractivity contribution is -0.357. The summed E-state index contributed by atoms with van der Waals surface area (Å²) < 4.78 is 24.1. The third-order valence-corrected chi connectivity index (χ3v) is 8.15. The maximum atomic E-state index is 12.9. The predicted octanol–water partition coefficient (Wildman–Crippen LogP) is 4.10. The Kier molecular flexibility index (Phi) is 5.06. The predicted molar refractivity (Wildman–Crippen MR) is 106 cm³/mol. The van der Waals surface area contributed by atoms with Gasteiger partial charge in [0.1, 0.15) is 6.79 Å². The molecule has 5 nitrogen and oxygen atoms in total. The van der Waals surface area contributed by atoms with Crippen LogP contribution in [0.4, 0.5) is 0 Å². The number of rotatable bonds is 3. The highest BCUT2D eigenvalue weighted by Gasteiger charge is 2.66. The summed E-state index contributed by atoms with van der Waals surface area (Å²) in [5, 5.41) is 0. The minimum absolute atomic E-state index is 0.0198. The van der Waals surface area contributed by atoms with Crippen molar-refractivity contribution in [3.8, 4) is 0 Å². The monoisotopic (exact) mass is 392 g/mol. The van der Waals surface area contributed by atoms with Gasteiger partial charge >= 0.3 is 0 Å². The summed E-state index contributed by atoms with van der Waals surface area (Å²) in [5.74, 6) is 0.422. The Morgan fingerprint density at radius 2 is 1.96 bits per heavy atom. The van der Waals surface area contributed by atoms with Gasteiger partial charge in [0.2, 0.25) is 0 Å². The summed E-state index contributed by atoms with van der Waals surface area (Å²) in [6, 6.07) is 0. The first-order valence-corrected chi connectivity index (χ1v) is 10.7. The molecule has 5 heteroatoms. The molecule has 0 aromatic rings. The molecule has 4 aliphatic rings. The third kappa shape index (κ3) is 3.10. The van der Waals surface area contributed by atoms with Gasteiger partial charge in [0.25, 0.3) is 0 Å². The number of ether oxygens (including phenoxy) is 4. The number of hydrogen-bond acceptors (Lipinski definition) is 5. The van der Waals surface area contributed by atoms with Crippen molar-refractivity contribution >= 4 is 5.78 Å². The van der Waals surface area contributed by atoms with Crippen molar-refractivity contribution in [2.75, 3.05) is 20.5 Å². The largest absolute Gasteiger partial charge is 0.359 e. The van der Waals surface area contributed by atoms with E-state index >= 15 is 0 Å². The maximum absolute atomic E-state index is 12.9. The van der Waals surface area contributed by atoms with Crippen molar-refractivity contribution in [2.45, 2.75) is 78.3 Å². The second kappa shape index (κ2) is 6.90. The number of carbonyl (C=O) groups is 1. The van der Waals surface area contributed by atoms with Crippen molar-refractivity contribution in [3.63, 3.8) is 0 Å². The van der Waals surface area contributed by atoms with Gasteiger partial charge in [-0.15, -0.1) is 0 Å². The van der Waals surface area contributed by atoms with E-state index in [2.05, 4.69) is 20.8 Å². The van der Waals surface area contributed by atoms with Gasteiger partial charge < -0.3 is 18.9 Å². The molecule has 3 aliphatic carbocycles. The molecule has 0 aromatic carbocycles. The molecule has 28 heavy (non-hydrogen) atoms. The summed E-state index contributed by atoms with van der Waals surface area (Å²) in [6.45, 7) is 11.7. The van der Waals surface area contributed by atoms with E-state index in [0.717, 1.165) is 25.7 Å². The highest BCUT2D eigenvalue weighted by atomic mass is 16.7. The Hall–Kier alpha value is -0.750. The SMILES string of the molecule is COCO[C@@H]1C[C@@H]2C(=O)C=C(C)C[C@H]2[C@]2(C)CC[C@H]3OC(C)(C)OC[C@@]3(C)[C@@H]12. The van der Waals surface area contributed by atoms with Crippen LogP contribution < -0.4 is 0 Å². The molecule has 1 saturated heterocycles. The molecule has 0 N–H and O–H groups in total. The average molecular weight is 393 g/mol. The number of allylic oxidation sites excluding steroid dienone is 2. The molecule has 2 saturated carbocycles. The van der Waals surface area contributed by atoms with E-state index in [1.807, 2.05) is 19.9 Å². The molecule has 0 aromatic heterocycles. The summed E-state index contributed by atoms with van der Waals surface area (Å²) in [7, 11) is 1.66. The Morgan fingerprint density at radius 1 is 1.21 bits per heavy atom. The highest BCUT2D eigenvalue weighted by molar-refractivity contribution is 5.93. The van der Waals surface area contributed by atoms with Gasteiger partial charge in [-0.1, -0.05) is 19.4 Å². The lowest BCUT2D eigenvalue weighted by Gasteiger charge is -2.66. The van der Waals surface area contributed by atoms with Crippen molar-refractivity contribution < 1.29 is 23.7 Å². The fourth-order valence-corrected chi connectivity index (χ4v) is 7.00. The van der Waals surface area contributed by atoms with Crippen LogP contribution >= 0.6 is 0 Å². The number of methoxy groups -OCH3 is 1. The smallest absolute Gasteiger partial charge is 0.163 e. The van der Waals surface area contributed by atoms with E-state index in [-0.39, 0.29) is 47.4 Å². The van der Waals surface area contributed by atoms with Crippen LogP contribution in [0.25, 0.3) is 0 Å². The Balaban J connectivity index is 1.74. The molecule has 0 bridgehead atoms.